The van der Waals surface area contributed by atoms with Gasteiger partial charge in [0.05, 0.1) is 14.2 Å². The first-order valence-corrected chi connectivity index (χ1v) is 9.62. The number of methoxy groups -OCH3 is 2. The molecule has 0 spiro atoms. The van der Waals surface area contributed by atoms with Crippen LogP contribution in [0.15, 0.2) is 47.0 Å². The number of benzene rings is 2. The maximum Gasteiger partial charge on any atom is 0.161 e. The normalized spacial score (nSPS) is 11.1. The van der Waals surface area contributed by atoms with Gasteiger partial charge in [-0.2, -0.15) is 0 Å². The quantitative estimate of drug-likeness (QED) is 0.406. The topological polar surface area (TPSA) is 44.5 Å². The van der Waals surface area contributed by atoms with E-state index in [0.717, 1.165) is 67.3 Å². The summed E-state index contributed by atoms with van der Waals surface area (Å²) < 4.78 is 17.3. The highest BCUT2D eigenvalue weighted by Gasteiger charge is 2.16. The smallest absolute Gasteiger partial charge is 0.161 e. The predicted molar refractivity (Wildman–Crippen MR) is 117 cm³/mol. The number of aromatic nitrogens is 1. The Balaban J connectivity index is 1.87. The average Bonchev–Trinajstić information content (AvgIpc) is 3.12. The van der Waals surface area contributed by atoms with E-state index in [9.17, 15) is 0 Å². The number of furan rings is 1. The van der Waals surface area contributed by atoms with Crippen LogP contribution in [-0.2, 0) is 0 Å². The van der Waals surface area contributed by atoms with Gasteiger partial charge in [-0.25, -0.2) is 0 Å². The van der Waals surface area contributed by atoms with Gasteiger partial charge in [0, 0.05) is 23.4 Å². The summed E-state index contributed by atoms with van der Waals surface area (Å²) in [6, 6.07) is 12.4. The Bertz CT molecular complexity index is 1170. The summed E-state index contributed by atoms with van der Waals surface area (Å²) in [6.07, 6.45) is 1.83. The molecule has 2 heterocycles. The molecule has 0 unspecified atom stereocenters. The van der Waals surface area contributed by atoms with Crippen LogP contribution in [0.3, 0.4) is 0 Å². The van der Waals surface area contributed by atoms with Crippen LogP contribution in [0, 0.1) is 27.7 Å². The summed E-state index contributed by atoms with van der Waals surface area (Å²) in [5, 5.41) is 0. The van der Waals surface area contributed by atoms with E-state index in [1.165, 1.54) is 0 Å². The zero-order valence-electron chi connectivity index (χ0n) is 17.7. The molecule has 0 atom stereocenters. The van der Waals surface area contributed by atoms with Crippen LogP contribution in [0.25, 0.3) is 33.6 Å². The molecule has 4 rings (SSSR count). The summed E-state index contributed by atoms with van der Waals surface area (Å²) in [6.45, 7) is 8.21. The number of ether oxygens (including phenoxy) is 2. The van der Waals surface area contributed by atoms with Crippen LogP contribution in [0.2, 0.25) is 0 Å². The van der Waals surface area contributed by atoms with E-state index in [1.54, 1.807) is 14.2 Å². The zero-order valence-corrected chi connectivity index (χ0v) is 17.7. The molecule has 0 fully saturated rings. The van der Waals surface area contributed by atoms with Gasteiger partial charge in [-0.05, 0) is 85.8 Å². The fourth-order valence-corrected chi connectivity index (χ4v) is 4.15. The largest absolute Gasteiger partial charge is 0.496 e. The van der Waals surface area contributed by atoms with E-state index >= 15 is 0 Å². The SMILES string of the molecule is COc1c(C)cc(-c2cc3nccc(-c4cc(C)c(OC)c(C)c4)c3o2)cc1C. The molecule has 0 saturated carbocycles. The Hall–Kier alpha value is -3.27. The van der Waals surface area contributed by atoms with Gasteiger partial charge in [-0.1, -0.05) is 0 Å². The van der Waals surface area contributed by atoms with Crippen LogP contribution in [0.4, 0.5) is 0 Å². The molecule has 0 N–H and O–H groups in total. The molecule has 4 aromatic rings. The van der Waals surface area contributed by atoms with E-state index in [4.69, 9.17) is 13.9 Å². The number of rotatable bonds is 4. The van der Waals surface area contributed by atoms with Crippen LogP contribution >= 0.6 is 0 Å². The third kappa shape index (κ3) is 3.25. The molecular weight excluding hydrogens is 362 g/mol. The number of pyridine rings is 1. The number of aryl methyl sites for hydroxylation is 4. The van der Waals surface area contributed by atoms with Crippen molar-refractivity contribution >= 4 is 11.1 Å². The van der Waals surface area contributed by atoms with E-state index in [1.807, 2.05) is 32.2 Å². The van der Waals surface area contributed by atoms with Crippen LogP contribution in [0.5, 0.6) is 11.5 Å². The van der Waals surface area contributed by atoms with E-state index in [2.05, 4.69) is 43.1 Å². The van der Waals surface area contributed by atoms with Gasteiger partial charge in [0.2, 0.25) is 0 Å². The predicted octanol–water partition coefficient (Wildman–Crippen LogP) is 6.41. The molecule has 0 amide bonds. The Kier molecular flexibility index (Phi) is 4.79. The Morgan fingerprint density at radius 3 is 1.76 bits per heavy atom. The van der Waals surface area contributed by atoms with Crippen molar-refractivity contribution in [3.05, 3.63) is 64.8 Å². The molecule has 0 saturated heterocycles. The van der Waals surface area contributed by atoms with Crippen molar-refractivity contribution < 1.29 is 13.9 Å². The standard InChI is InChI=1S/C25H25NO3/c1-14-9-18(10-15(2)23(14)27-5)20-7-8-26-21-13-22(29-25(20)21)19-11-16(3)24(28-6)17(4)12-19/h7-13H,1-6H3. The maximum atomic E-state index is 6.32. The lowest BCUT2D eigenvalue weighted by Gasteiger charge is -2.11. The van der Waals surface area contributed by atoms with Gasteiger partial charge in [0.15, 0.2) is 5.58 Å². The van der Waals surface area contributed by atoms with Gasteiger partial charge in [-0.3, -0.25) is 4.98 Å². The second-order valence-electron chi connectivity index (χ2n) is 7.47. The molecule has 2 aromatic heterocycles. The molecule has 0 aliphatic rings. The van der Waals surface area contributed by atoms with Crippen molar-refractivity contribution in [2.45, 2.75) is 27.7 Å². The lowest BCUT2D eigenvalue weighted by molar-refractivity contribution is 0.408. The molecule has 2 aromatic carbocycles. The third-order valence-electron chi connectivity index (χ3n) is 5.34. The highest BCUT2D eigenvalue weighted by Crippen LogP contribution is 2.37. The Labute approximate surface area is 171 Å². The number of hydrogen-bond acceptors (Lipinski definition) is 4. The molecule has 0 radical (unpaired) electrons. The van der Waals surface area contributed by atoms with Gasteiger partial charge in [-0.15, -0.1) is 0 Å². The minimum absolute atomic E-state index is 0.789. The first kappa shape index (κ1) is 19.1. The monoisotopic (exact) mass is 387 g/mol. The minimum Gasteiger partial charge on any atom is -0.496 e. The first-order chi connectivity index (χ1) is 13.9. The molecule has 0 bridgehead atoms. The molecule has 0 aliphatic carbocycles. The number of nitrogens with zero attached hydrogens (tertiary/aromatic N) is 1. The van der Waals surface area contributed by atoms with Gasteiger partial charge in [0.25, 0.3) is 0 Å². The summed E-state index contributed by atoms with van der Waals surface area (Å²) in [5.74, 6) is 2.63. The molecule has 29 heavy (non-hydrogen) atoms. The Morgan fingerprint density at radius 2 is 1.24 bits per heavy atom. The lowest BCUT2D eigenvalue weighted by Crippen LogP contribution is -1.92. The summed E-state index contributed by atoms with van der Waals surface area (Å²) >= 11 is 0. The molecule has 0 aliphatic heterocycles. The molecule has 4 heteroatoms. The lowest BCUT2D eigenvalue weighted by atomic mass is 10.00. The third-order valence-corrected chi connectivity index (χ3v) is 5.34. The van der Waals surface area contributed by atoms with Crippen molar-refractivity contribution in [3.63, 3.8) is 0 Å². The van der Waals surface area contributed by atoms with Crippen LogP contribution in [0.1, 0.15) is 22.3 Å². The van der Waals surface area contributed by atoms with Crippen molar-refractivity contribution in [2.75, 3.05) is 14.2 Å². The van der Waals surface area contributed by atoms with Gasteiger partial charge < -0.3 is 13.9 Å². The number of hydrogen-bond donors (Lipinski definition) is 0. The minimum atomic E-state index is 0.789. The average molecular weight is 387 g/mol. The summed E-state index contributed by atoms with van der Waals surface area (Å²) in [4.78, 5) is 4.53. The van der Waals surface area contributed by atoms with E-state index in [0.29, 0.717) is 0 Å². The Morgan fingerprint density at radius 1 is 0.724 bits per heavy atom. The molecular formula is C25H25NO3. The van der Waals surface area contributed by atoms with Crippen LogP contribution < -0.4 is 9.47 Å². The van der Waals surface area contributed by atoms with Gasteiger partial charge in [0.1, 0.15) is 22.8 Å². The number of fused-ring (bicyclic) bond motifs is 1. The highest BCUT2D eigenvalue weighted by atomic mass is 16.5. The second kappa shape index (κ2) is 7.28. The summed E-state index contributed by atoms with van der Waals surface area (Å²) in [7, 11) is 3.41. The summed E-state index contributed by atoms with van der Waals surface area (Å²) in [5.41, 5.74) is 9.13. The van der Waals surface area contributed by atoms with Crippen LogP contribution in [-0.4, -0.2) is 19.2 Å². The van der Waals surface area contributed by atoms with E-state index in [-0.39, 0.29) is 0 Å². The highest BCUT2D eigenvalue weighted by molar-refractivity contribution is 5.93. The van der Waals surface area contributed by atoms with E-state index < -0.39 is 0 Å². The fraction of sp³-hybridized carbons (Fsp3) is 0.240. The van der Waals surface area contributed by atoms with Crippen molar-refractivity contribution in [1.82, 2.24) is 4.98 Å². The molecule has 148 valence electrons. The van der Waals surface area contributed by atoms with Crippen molar-refractivity contribution in [2.24, 2.45) is 0 Å². The second-order valence-corrected chi connectivity index (χ2v) is 7.47. The first-order valence-electron chi connectivity index (χ1n) is 9.62. The maximum absolute atomic E-state index is 6.32. The van der Waals surface area contributed by atoms with Crippen molar-refractivity contribution in [3.8, 4) is 33.9 Å². The molecule has 4 nitrogen and oxygen atoms in total. The van der Waals surface area contributed by atoms with Crippen molar-refractivity contribution in [1.29, 1.82) is 0 Å². The fourth-order valence-electron chi connectivity index (χ4n) is 4.15. The zero-order chi connectivity index (χ0) is 20.7. The van der Waals surface area contributed by atoms with Gasteiger partial charge >= 0.3 is 0 Å².